The minimum Gasteiger partial charge on any atom is -0.425 e. The van der Waals surface area contributed by atoms with Crippen LogP contribution in [0.15, 0.2) is 16.7 Å². The fraction of sp³-hybridized carbons (Fsp3) is 0.333. The lowest BCUT2D eigenvalue weighted by Crippen LogP contribution is -1.73. The van der Waals surface area contributed by atoms with E-state index in [0.29, 0.717) is 11.6 Å². The van der Waals surface area contributed by atoms with Crippen molar-refractivity contribution in [2.45, 2.75) is 20.8 Å². The molecule has 2 heterocycles. The molecule has 70 valence electrons. The van der Waals surface area contributed by atoms with E-state index in [-0.39, 0.29) is 0 Å². The molecular weight excluding hydrogens is 184 g/mol. The quantitative estimate of drug-likeness (QED) is 0.658. The highest BCUT2D eigenvalue weighted by atomic mass is 32.1. The van der Waals surface area contributed by atoms with Gasteiger partial charge in [-0.3, -0.25) is 0 Å². The number of nitrogens with one attached hydrogen (secondary N) is 1. The van der Waals surface area contributed by atoms with Gasteiger partial charge in [0.25, 0.3) is 0 Å². The van der Waals surface area contributed by atoms with Crippen molar-refractivity contribution in [1.82, 2.24) is 9.97 Å². The molecule has 0 atom stereocenters. The Morgan fingerprint density at radius 3 is 2.77 bits per heavy atom. The third-order valence-corrected chi connectivity index (χ3v) is 1.75. The van der Waals surface area contributed by atoms with Crippen LogP contribution in [0.1, 0.15) is 19.7 Å². The Bertz CT molecular complexity index is 444. The van der Waals surface area contributed by atoms with E-state index in [2.05, 4.69) is 9.97 Å². The summed E-state index contributed by atoms with van der Waals surface area (Å²) in [6.45, 7) is 5.79. The summed E-state index contributed by atoms with van der Waals surface area (Å²) in [6.07, 6.45) is 1.75. The number of H-pyrrole nitrogens is 1. The number of hydrogen-bond donors (Lipinski definition) is 1. The maximum atomic E-state index is 5.22. The van der Waals surface area contributed by atoms with Crippen LogP contribution < -0.4 is 0 Å². The Hall–Kier alpha value is -1.16. The van der Waals surface area contributed by atoms with Gasteiger partial charge in [0.1, 0.15) is 5.52 Å². The molecule has 3 nitrogen and oxygen atoms in total. The Balaban J connectivity index is 0.000000396. The van der Waals surface area contributed by atoms with Crippen molar-refractivity contribution in [3.63, 3.8) is 0 Å². The van der Waals surface area contributed by atoms with E-state index >= 15 is 0 Å². The zero-order chi connectivity index (χ0) is 9.84. The van der Waals surface area contributed by atoms with Crippen molar-refractivity contribution in [3.05, 3.63) is 22.7 Å². The first-order chi connectivity index (χ1) is 6.27. The van der Waals surface area contributed by atoms with Crippen LogP contribution in [0.2, 0.25) is 0 Å². The van der Waals surface area contributed by atoms with Crippen LogP contribution in [0.5, 0.6) is 0 Å². The second-order valence-electron chi connectivity index (χ2n) is 2.25. The number of oxazole rings is 1. The number of rotatable bonds is 0. The van der Waals surface area contributed by atoms with Crippen LogP contribution in [0, 0.1) is 11.4 Å². The van der Waals surface area contributed by atoms with E-state index in [1.807, 2.05) is 13.8 Å². The number of pyridine rings is 1. The molecule has 13 heavy (non-hydrogen) atoms. The first-order valence-corrected chi connectivity index (χ1v) is 4.63. The Morgan fingerprint density at radius 2 is 2.15 bits per heavy atom. The summed E-state index contributed by atoms with van der Waals surface area (Å²) < 4.78 is 5.93. The summed E-state index contributed by atoms with van der Waals surface area (Å²) in [4.78, 5) is 7.03. The van der Waals surface area contributed by atoms with Gasteiger partial charge in [0, 0.05) is 13.1 Å². The second kappa shape index (κ2) is 4.18. The highest BCUT2D eigenvalue weighted by molar-refractivity contribution is 7.71. The summed E-state index contributed by atoms with van der Waals surface area (Å²) in [5.41, 5.74) is 1.38. The summed E-state index contributed by atoms with van der Waals surface area (Å²) in [7, 11) is 0. The van der Waals surface area contributed by atoms with E-state index in [4.69, 9.17) is 16.6 Å². The molecule has 1 N–H and O–H groups in total. The first-order valence-electron chi connectivity index (χ1n) is 4.22. The molecule has 0 saturated carbocycles. The summed E-state index contributed by atoms with van der Waals surface area (Å²) >= 11 is 5.02. The van der Waals surface area contributed by atoms with E-state index in [1.54, 1.807) is 19.2 Å². The van der Waals surface area contributed by atoms with Gasteiger partial charge in [-0.2, -0.15) is 0 Å². The molecule has 4 heteroatoms. The second-order valence-corrected chi connectivity index (χ2v) is 2.69. The molecule has 2 rings (SSSR count). The lowest BCUT2D eigenvalue weighted by molar-refractivity contribution is 0.551. The topological polar surface area (TPSA) is 41.8 Å². The van der Waals surface area contributed by atoms with Crippen LogP contribution in [0.25, 0.3) is 11.2 Å². The maximum Gasteiger partial charge on any atom is 0.226 e. The van der Waals surface area contributed by atoms with Crippen LogP contribution in [0.4, 0.5) is 0 Å². The number of nitrogens with zero attached hydrogens (tertiary/aromatic N) is 1. The Morgan fingerprint density at radius 1 is 1.46 bits per heavy atom. The average Bonchev–Trinajstić information content (AvgIpc) is 2.51. The smallest absolute Gasteiger partial charge is 0.226 e. The third kappa shape index (κ3) is 1.95. The van der Waals surface area contributed by atoms with Gasteiger partial charge in [0.15, 0.2) is 5.89 Å². The van der Waals surface area contributed by atoms with Crippen LogP contribution in [-0.2, 0) is 0 Å². The fourth-order valence-electron chi connectivity index (χ4n) is 0.964. The largest absolute Gasteiger partial charge is 0.425 e. The molecule has 0 saturated heterocycles. The lowest BCUT2D eigenvalue weighted by atomic mass is 10.4. The highest BCUT2D eigenvalue weighted by Crippen LogP contribution is 2.12. The van der Waals surface area contributed by atoms with Gasteiger partial charge in [0.05, 0.1) is 4.51 Å². The van der Waals surface area contributed by atoms with Crippen molar-refractivity contribution in [1.29, 1.82) is 0 Å². The predicted molar refractivity (Wildman–Crippen MR) is 55.3 cm³/mol. The standard InChI is InChI=1S/C7H6N2OS.C2H6/c1-4-9-6-5(11)2-3-8-7(6)10-4;1-2/h2-3H,1H3,(H,8,11);1-2H3. The van der Waals surface area contributed by atoms with Gasteiger partial charge in [-0.05, 0) is 6.07 Å². The minimum atomic E-state index is 0.633. The predicted octanol–water partition coefficient (Wildman–Crippen LogP) is 3.22. The molecule has 0 amide bonds. The van der Waals surface area contributed by atoms with Gasteiger partial charge in [-0.1, -0.05) is 26.1 Å². The fourth-order valence-corrected chi connectivity index (χ4v) is 1.17. The molecule has 0 radical (unpaired) electrons. The molecule has 2 aromatic rings. The normalized spacial score (nSPS) is 9.46. The maximum absolute atomic E-state index is 5.22. The van der Waals surface area contributed by atoms with E-state index in [0.717, 1.165) is 10.0 Å². The number of fused-ring (bicyclic) bond motifs is 1. The van der Waals surface area contributed by atoms with Crippen molar-refractivity contribution >= 4 is 23.4 Å². The average molecular weight is 196 g/mol. The molecule has 0 aliphatic rings. The first kappa shape index (κ1) is 9.92. The van der Waals surface area contributed by atoms with E-state index in [1.165, 1.54) is 0 Å². The van der Waals surface area contributed by atoms with E-state index < -0.39 is 0 Å². The number of aromatic amines is 1. The van der Waals surface area contributed by atoms with Gasteiger partial charge < -0.3 is 9.40 Å². The Labute approximate surface area is 81.8 Å². The minimum absolute atomic E-state index is 0.633. The monoisotopic (exact) mass is 196 g/mol. The molecule has 0 aliphatic carbocycles. The molecule has 0 fully saturated rings. The molecule has 0 spiro atoms. The van der Waals surface area contributed by atoms with Crippen LogP contribution in [0.3, 0.4) is 0 Å². The van der Waals surface area contributed by atoms with Gasteiger partial charge in [-0.15, -0.1) is 0 Å². The molecule has 2 aromatic heterocycles. The van der Waals surface area contributed by atoms with E-state index in [9.17, 15) is 0 Å². The molecule has 0 bridgehead atoms. The zero-order valence-corrected chi connectivity index (χ0v) is 8.73. The van der Waals surface area contributed by atoms with Crippen molar-refractivity contribution in [2.24, 2.45) is 0 Å². The van der Waals surface area contributed by atoms with Crippen LogP contribution >= 0.6 is 12.2 Å². The summed E-state index contributed by atoms with van der Waals surface area (Å²) in [5.74, 6) is 0.633. The van der Waals surface area contributed by atoms with Gasteiger partial charge >= 0.3 is 0 Å². The third-order valence-electron chi connectivity index (χ3n) is 1.42. The summed E-state index contributed by atoms with van der Waals surface area (Å²) in [5, 5.41) is 0. The highest BCUT2D eigenvalue weighted by Gasteiger charge is 2.01. The lowest BCUT2D eigenvalue weighted by Gasteiger charge is -1.83. The molecular formula is C9H12N2OS. The van der Waals surface area contributed by atoms with Crippen molar-refractivity contribution in [3.8, 4) is 0 Å². The summed E-state index contributed by atoms with van der Waals surface area (Å²) in [6, 6.07) is 1.79. The van der Waals surface area contributed by atoms with Gasteiger partial charge in [-0.25, -0.2) is 4.98 Å². The zero-order valence-electron chi connectivity index (χ0n) is 7.92. The van der Waals surface area contributed by atoms with Gasteiger partial charge in [0.2, 0.25) is 5.71 Å². The molecule has 0 aliphatic heterocycles. The number of aromatic nitrogens is 2. The van der Waals surface area contributed by atoms with Crippen molar-refractivity contribution in [2.75, 3.05) is 0 Å². The Kier molecular flexibility index (Phi) is 3.19. The molecule has 0 aromatic carbocycles. The van der Waals surface area contributed by atoms with Crippen LogP contribution in [-0.4, -0.2) is 9.97 Å². The number of hydrogen-bond acceptors (Lipinski definition) is 3. The molecule has 0 unspecified atom stereocenters. The van der Waals surface area contributed by atoms with Crippen molar-refractivity contribution < 1.29 is 4.42 Å². The number of aryl methyl sites for hydroxylation is 1. The SMILES string of the molecule is CC.Cc1nc2c(=S)cc[nH]c2o1.